The quantitative estimate of drug-likeness (QED) is 0.339. The van der Waals surface area contributed by atoms with Gasteiger partial charge in [-0.15, -0.1) is 0 Å². The van der Waals surface area contributed by atoms with Crippen molar-refractivity contribution in [3.8, 4) is 0 Å². The van der Waals surface area contributed by atoms with Gasteiger partial charge in [0, 0.05) is 23.9 Å². The van der Waals surface area contributed by atoms with Crippen LogP contribution in [0.2, 0.25) is 0 Å². The molecule has 6 heteroatoms. The first kappa shape index (κ1) is 21.6. The number of halogens is 1. The fourth-order valence-electron chi connectivity index (χ4n) is 3.29. The van der Waals surface area contributed by atoms with Gasteiger partial charge in [0.2, 0.25) is 5.91 Å². The molecule has 148 valence electrons. The van der Waals surface area contributed by atoms with Crippen molar-refractivity contribution in [2.45, 2.75) is 57.1 Å². The van der Waals surface area contributed by atoms with Crippen molar-refractivity contribution in [2.75, 3.05) is 13.7 Å². The molecule has 27 heavy (non-hydrogen) atoms. The van der Waals surface area contributed by atoms with Crippen LogP contribution in [-0.4, -0.2) is 41.6 Å². The molecule has 1 aromatic rings. The highest BCUT2D eigenvalue weighted by atomic mass is 79.9. The van der Waals surface area contributed by atoms with Crippen LogP contribution in [0.15, 0.2) is 40.9 Å². The van der Waals surface area contributed by atoms with E-state index < -0.39 is 6.10 Å². The van der Waals surface area contributed by atoms with Crippen LogP contribution in [-0.2, 0) is 14.3 Å². The number of carbonyl (C=O) groups is 2. The average molecular weight is 438 g/mol. The zero-order valence-corrected chi connectivity index (χ0v) is 17.4. The number of hydrogen-bond donors (Lipinski definition) is 1. The maximum atomic E-state index is 12.2. The minimum Gasteiger partial charge on any atom is -0.469 e. The molecule has 1 aromatic carbocycles. The van der Waals surface area contributed by atoms with E-state index in [1.54, 1.807) is 6.08 Å². The molecule has 2 atom stereocenters. The van der Waals surface area contributed by atoms with Gasteiger partial charge >= 0.3 is 5.97 Å². The fourth-order valence-corrected chi connectivity index (χ4v) is 3.71. The lowest BCUT2D eigenvalue weighted by molar-refractivity contribution is -0.140. The third-order valence-electron chi connectivity index (χ3n) is 4.84. The van der Waals surface area contributed by atoms with Gasteiger partial charge in [0.05, 0.1) is 19.3 Å². The van der Waals surface area contributed by atoms with E-state index >= 15 is 0 Å². The highest BCUT2D eigenvalue weighted by molar-refractivity contribution is 9.10. The first-order chi connectivity index (χ1) is 13.0. The summed E-state index contributed by atoms with van der Waals surface area (Å²) in [6.07, 6.45) is 8.54. The molecule has 1 heterocycles. The summed E-state index contributed by atoms with van der Waals surface area (Å²) in [5, 5.41) is 10.3. The second-order valence-electron chi connectivity index (χ2n) is 6.82. The number of methoxy groups -OCH3 is 1. The smallest absolute Gasteiger partial charge is 0.305 e. The van der Waals surface area contributed by atoms with Gasteiger partial charge in [-0.05, 0) is 37.0 Å². The van der Waals surface area contributed by atoms with E-state index in [2.05, 4.69) is 20.7 Å². The largest absolute Gasteiger partial charge is 0.469 e. The third-order valence-corrected chi connectivity index (χ3v) is 5.33. The van der Waals surface area contributed by atoms with E-state index in [9.17, 15) is 14.7 Å². The van der Waals surface area contributed by atoms with Crippen LogP contribution in [0.4, 0.5) is 0 Å². The number of ether oxygens (including phenoxy) is 1. The SMILES string of the molecule is COC(=O)CCCCCCN1C(=O)CCC1/C=C/C(O)c1cccc(Br)c1. The molecule has 5 nitrogen and oxygen atoms in total. The predicted octanol–water partition coefficient (Wildman–Crippen LogP) is 4.15. The van der Waals surface area contributed by atoms with Gasteiger partial charge in [-0.2, -0.15) is 0 Å². The molecule has 1 aliphatic rings. The summed E-state index contributed by atoms with van der Waals surface area (Å²) in [6, 6.07) is 7.63. The molecule has 2 unspecified atom stereocenters. The molecule has 0 radical (unpaired) electrons. The van der Waals surface area contributed by atoms with Gasteiger partial charge in [0.1, 0.15) is 0 Å². The lowest BCUT2D eigenvalue weighted by Gasteiger charge is -2.22. The molecule has 0 aliphatic carbocycles. The first-order valence-corrected chi connectivity index (χ1v) is 10.3. The Morgan fingerprint density at radius 2 is 2.15 bits per heavy atom. The number of unbranched alkanes of at least 4 members (excludes halogenated alkanes) is 3. The summed E-state index contributed by atoms with van der Waals surface area (Å²) in [6.45, 7) is 0.721. The number of benzene rings is 1. The van der Waals surface area contributed by atoms with Crippen molar-refractivity contribution >= 4 is 27.8 Å². The zero-order valence-electron chi connectivity index (χ0n) is 15.8. The maximum absolute atomic E-state index is 12.2. The molecule has 0 aromatic heterocycles. The fraction of sp³-hybridized carbons (Fsp3) is 0.524. The Bertz CT molecular complexity index is 661. The average Bonchev–Trinajstić information content (AvgIpc) is 3.02. The number of amides is 1. The lowest BCUT2D eigenvalue weighted by Crippen LogP contribution is -2.32. The molecule has 0 saturated carbocycles. The Balaban J connectivity index is 1.78. The summed E-state index contributed by atoms with van der Waals surface area (Å²) in [4.78, 5) is 25.1. The van der Waals surface area contributed by atoms with E-state index in [0.717, 1.165) is 48.7 Å². The number of rotatable bonds is 10. The second kappa shape index (κ2) is 11.2. The monoisotopic (exact) mass is 437 g/mol. The van der Waals surface area contributed by atoms with Crippen LogP contribution >= 0.6 is 15.9 Å². The third kappa shape index (κ3) is 7.11. The van der Waals surface area contributed by atoms with Crippen molar-refractivity contribution in [3.05, 3.63) is 46.5 Å². The molecule has 1 amide bonds. The van der Waals surface area contributed by atoms with Gasteiger partial charge in [-0.3, -0.25) is 9.59 Å². The van der Waals surface area contributed by atoms with Crippen LogP contribution in [0.25, 0.3) is 0 Å². The normalized spacial score (nSPS) is 18.3. The number of nitrogens with zero attached hydrogens (tertiary/aromatic N) is 1. The van der Waals surface area contributed by atoms with Gasteiger partial charge < -0.3 is 14.7 Å². The summed E-state index contributed by atoms with van der Waals surface area (Å²) < 4.78 is 5.56. The number of aliphatic hydroxyl groups excluding tert-OH is 1. The highest BCUT2D eigenvalue weighted by Crippen LogP contribution is 2.24. The van der Waals surface area contributed by atoms with E-state index in [1.807, 2.05) is 35.2 Å². The Morgan fingerprint density at radius 1 is 1.37 bits per heavy atom. The molecule has 1 fully saturated rings. The number of hydrogen-bond acceptors (Lipinski definition) is 4. The van der Waals surface area contributed by atoms with Gasteiger partial charge in [0.15, 0.2) is 0 Å². The van der Waals surface area contributed by atoms with E-state index in [4.69, 9.17) is 0 Å². The Morgan fingerprint density at radius 3 is 2.89 bits per heavy atom. The van der Waals surface area contributed by atoms with Crippen LogP contribution < -0.4 is 0 Å². The van der Waals surface area contributed by atoms with E-state index in [1.165, 1.54) is 7.11 Å². The number of aliphatic hydroxyl groups is 1. The van der Waals surface area contributed by atoms with Crippen LogP contribution in [0.5, 0.6) is 0 Å². The molecular formula is C21H28BrNO4. The van der Waals surface area contributed by atoms with Crippen LogP contribution in [0, 0.1) is 0 Å². The molecular weight excluding hydrogens is 410 g/mol. The molecule has 2 rings (SSSR count). The number of esters is 1. The summed E-state index contributed by atoms with van der Waals surface area (Å²) in [7, 11) is 1.41. The number of carbonyl (C=O) groups excluding carboxylic acids is 2. The van der Waals surface area contributed by atoms with Crippen molar-refractivity contribution in [1.29, 1.82) is 0 Å². The van der Waals surface area contributed by atoms with Crippen molar-refractivity contribution in [1.82, 2.24) is 4.90 Å². The zero-order chi connectivity index (χ0) is 19.6. The second-order valence-corrected chi connectivity index (χ2v) is 7.73. The minimum atomic E-state index is -0.682. The van der Waals surface area contributed by atoms with Crippen molar-refractivity contribution < 1.29 is 19.4 Å². The summed E-state index contributed by atoms with van der Waals surface area (Å²) >= 11 is 3.41. The topological polar surface area (TPSA) is 66.8 Å². The molecule has 1 N–H and O–H groups in total. The molecule has 0 bridgehead atoms. The predicted molar refractivity (Wildman–Crippen MR) is 108 cm³/mol. The molecule has 1 saturated heterocycles. The van der Waals surface area contributed by atoms with Crippen molar-refractivity contribution in [3.63, 3.8) is 0 Å². The molecule has 1 aliphatic heterocycles. The van der Waals surface area contributed by atoms with Crippen LogP contribution in [0.3, 0.4) is 0 Å². The standard InChI is InChI=1S/C21H28BrNO4/c1-27-21(26)9-4-2-3-5-14-23-18(11-13-20(23)25)10-12-19(24)16-7-6-8-17(22)15-16/h6-8,10,12,15,18-19,24H,2-5,9,11,13-14H2,1H3/b12-10+. The van der Waals surface area contributed by atoms with Gasteiger partial charge in [-0.25, -0.2) is 0 Å². The summed E-state index contributed by atoms with van der Waals surface area (Å²) in [5.74, 6) is 0.00933. The Kier molecular flexibility index (Phi) is 9.01. The Labute approximate surface area is 169 Å². The van der Waals surface area contributed by atoms with E-state index in [0.29, 0.717) is 12.8 Å². The Hall–Kier alpha value is -1.66. The van der Waals surface area contributed by atoms with Gasteiger partial charge in [0.25, 0.3) is 0 Å². The maximum Gasteiger partial charge on any atom is 0.305 e. The van der Waals surface area contributed by atoms with Gasteiger partial charge in [-0.1, -0.05) is 53.1 Å². The first-order valence-electron chi connectivity index (χ1n) is 9.49. The molecule has 0 spiro atoms. The van der Waals surface area contributed by atoms with Crippen molar-refractivity contribution in [2.24, 2.45) is 0 Å². The minimum absolute atomic E-state index is 0.0503. The van der Waals surface area contributed by atoms with E-state index in [-0.39, 0.29) is 17.9 Å². The summed E-state index contributed by atoms with van der Waals surface area (Å²) in [5.41, 5.74) is 0.821. The number of likely N-dealkylation sites (tertiary alicyclic amines) is 1. The lowest BCUT2D eigenvalue weighted by atomic mass is 10.1. The highest BCUT2D eigenvalue weighted by Gasteiger charge is 2.28. The van der Waals surface area contributed by atoms with Crippen LogP contribution in [0.1, 0.15) is 56.6 Å².